The van der Waals surface area contributed by atoms with E-state index in [4.69, 9.17) is 0 Å². The summed E-state index contributed by atoms with van der Waals surface area (Å²) >= 11 is 0. The zero-order valence-corrected chi connectivity index (χ0v) is 17.6. The van der Waals surface area contributed by atoms with Gasteiger partial charge < -0.3 is 5.11 Å². The molecule has 31 heavy (non-hydrogen) atoms. The van der Waals surface area contributed by atoms with Gasteiger partial charge in [-0.25, -0.2) is 18.7 Å². The van der Waals surface area contributed by atoms with E-state index in [1.165, 1.54) is 24.5 Å². The van der Waals surface area contributed by atoms with E-state index in [9.17, 15) is 13.9 Å². The second-order valence-corrected chi connectivity index (χ2v) is 7.49. The molecule has 0 aliphatic carbocycles. The van der Waals surface area contributed by atoms with Crippen LogP contribution in [-0.2, 0) is 6.42 Å². The highest BCUT2D eigenvalue weighted by Gasteiger charge is 2.15. The Hall–Kier alpha value is -3.18. The lowest BCUT2D eigenvalue weighted by atomic mass is 10.0. The third-order valence-electron chi connectivity index (χ3n) is 4.96. The minimum Gasteiger partial charge on any atom is -0.393 e. The fourth-order valence-electron chi connectivity index (χ4n) is 3.24. The summed E-state index contributed by atoms with van der Waals surface area (Å²) in [5.41, 5.74) is 2.72. The quantitative estimate of drug-likeness (QED) is 0.323. The second kappa shape index (κ2) is 10.7. The molecule has 3 nitrogen and oxygen atoms in total. The van der Waals surface area contributed by atoms with Gasteiger partial charge in [0, 0.05) is 29.1 Å². The van der Waals surface area contributed by atoms with Gasteiger partial charge in [-0.3, -0.25) is 0 Å². The van der Waals surface area contributed by atoms with E-state index >= 15 is 0 Å². The molecule has 0 saturated heterocycles. The first-order valence-electron chi connectivity index (χ1n) is 10.3. The first-order chi connectivity index (χ1) is 15.0. The average molecular weight is 421 g/mol. The minimum absolute atomic E-state index is 0.132. The topological polar surface area (TPSA) is 46.0 Å². The summed E-state index contributed by atoms with van der Waals surface area (Å²) in [7, 11) is 0. The molecule has 0 aliphatic rings. The smallest absolute Gasteiger partial charge is 0.167 e. The average Bonchev–Trinajstić information content (AvgIpc) is 2.77. The second-order valence-electron chi connectivity index (χ2n) is 7.49. The molecule has 0 radical (unpaired) electrons. The predicted molar refractivity (Wildman–Crippen MR) is 121 cm³/mol. The van der Waals surface area contributed by atoms with Gasteiger partial charge in [-0.05, 0) is 43.7 Å². The molecule has 0 bridgehead atoms. The number of halogens is 2. The standard InChI is InChI=1S/C26H26F2N2O/c1-3-7-20-14-15-23(25(28)24(20)27)22-16-29-26(30-17-22)21-12-10-19(11-13-21)9-6-4-5-8-18(2)31/h3,6,9-18,31H,1,4-5,7-8H2,2H3/b9-6+. The number of benzene rings is 2. The minimum atomic E-state index is -0.903. The first-order valence-corrected chi connectivity index (χ1v) is 10.3. The van der Waals surface area contributed by atoms with E-state index in [-0.39, 0.29) is 23.7 Å². The maximum Gasteiger partial charge on any atom is 0.167 e. The highest BCUT2D eigenvalue weighted by molar-refractivity contribution is 5.65. The number of aliphatic hydroxyl groups is 1. The first kappa shape index (κ1) is 22.5. The summed E-state index contributed by atoms with van der Waals surface area (Å²) in [6, 6.07) is 10.9. The summed E-state index contributed by atoms with van der Waals surface area (Å²) < 4.78 is 28.6. The molecule has 0 saturated carbocycles. The van der Waals surface area contributed by atoms with Crippen molar-refractivity contribution in [2.24, 2.45) is 0 Å². The van der Waals surface area contributed by atoms with Crippen LogP contribution in [0.1, 0.15) is 37.3 Å². The van der Waals surface area contributed by atoms with Crippen molar-refractivity contribution in [2.75, 3.05) is 0 Å². The van der Waals surface area contributed by atoms with Gasteiger partial charge in [0.2, 0.25) is 0 Å². The molecule has 5 heteroatoms. The molecule has 1 heterocycles. The Morgan fingerprint density at radius 2 is 1.71 bits per heavy atom. The van der Waals surface area contributed by atoms with Crippen LogP contribution in [0.25, 0.3) is 28.6 Å². The molecule has 1 N–H and O–H groups in total. The predicted octanol–water partition coefficient (Wildman–Crippen LogP) is 6.38. The van der Waals surface area contributed by atoms with Gasteiger partial charge in [0.05, 0.1) is 6.10 Å². The Balaban J connectivity index is 1.70. The van der Waals surface area contributed by atoms with Gasteiger partial charge in [0.15, 0.2) is 17.5 Å². The van der Waals surface area contributed by atoms with Crippen LogP contribution in [-0.4, -0.2) is 21.2 Å². The van der Waals surface area contributed by atoms with E-state index in [1.807, 2.05) is 30.3 Å². The Morgan fingerprint density at radius 3 is 2.35 bits per heavy atom. The SMILES string of the molecule is C=CCc1ccc(-c2cnc(-c3ccc(/C=C/CCCC(C)O)cc3)nc2)c(F)c1F. The molecule has 160 valence electrons. The third kappa shape index (κ3) is 5.92. The number of nitrogens with zero attached hydrogens (tertiary/aromatic N) is 2. The highest BCUT2D eigenvalue weighted by atomic mass is 19.2. The molecule has 0 fully saturated rings. The van der Waals surface area contributed by atoms with E-state index in [2.05, 4.69) is 22.6 Å². The highest BCUT2D eigenvalue weighted by Crippen LogP contribution is 2.27. The van der Waals surface area contributed by atoms with Gasteiger partial charge in [0.1, 0.15) is 0 Å². The summed E-state index contributed by atoms with van der Waals surface area (Å²) in [4.78, 5) is 8.66. The zero-order valence-electron chi connectivity index (χ0n) is 17.6. The van der Waals surface area contributed by atoms with E-state index in [0.717, 1.165) is 30.4 Å². The van der Waals surface area contributed by atoms with Crippen LogP contribution in [0.4, 0.5) is 8.78 Å². The van der Waals surface area contributed by atoms with Crippen molar-refractivity contribution in [3.8, 4) is 22.5 Å². The monoisotopic (exact) mass is 420 g/mol. The maximum absolute atomic E-state index is 14.4. The van der Waals surface area contributed by atoms with E-state index < -0.39 is 11.6 Å². The van der Waals surface area contributed by atoms with Gasteiger partial charge >= 0.3 is 0 Å². The molecule has 1 atom stereocenters. The summed E-state index contributed by atoms with van der Waals surface area (Å²) in [5, 5.41) is 9.27. The summed E-state index contributed by atoms with van der Waals surface area (Å²) in [6.07, 6.45) is 11.4. The van der Waals surface area contributed by atoms with Crippen molar-refractivity contribution in [3.63, 3.8) is 0 Å². The van der Waals surface area contributed by atoms with Crippen molar-refractivity contribution in [1.29, 1.82) is 0 Å². The Labute approximate surface area is 181 Å². The van der Waals surface area contributed by atoms with Gasteiger partial charge in [-0.2, -0.15) is 0 Å². The molecule has 3 aromatic rings. The van der Waals surface area contributed by atoms with Crippen LogP contribution < -0.4 is 0 Å². The van der Waals surface area contributed by atoms with Crippen LogP contribution in [0.2, 0.25) is 0 Å². The van der Waals surface area contributed by atoms with Crippen LogP contribution in [0.5, 0.6) is 0 Å². The zero-order chi connectivity index (χ0) is 22.2. The van der Waals surface area contributed by atoms with Gasteiger partial charge in [0.25, 0.3) is 0 Å². The van der Waals surface area contributed by atoms with Gasteiger partial charge in [-0.1, -0.05) is 54.6 Å². The number of allylic oxidation sites excluding steroid dienone is 2. The number of aromatic nitrogens is 2. The molecular formula is C26H26F2N2O. The largest absolute Gasteiger partial charge is 0.393 e. The van der Waals surface area contributed by atoms with Crippen LogP contribution >= 0.6 is 0 Å². The van der Waals surface area contributed by atoms with Crippen molar-refractivity contribution in [3.05, 3.63) is 90.3 Å². The number of unbranched alkanes of at least 4 members (excludes halogenated alkanes) is 1. The van der Waals surface area contributed by atoms with Crippen molar-refractivity contribution in [2.45, 2.75) is 38.7 Å². The van der Waals surface area contributed by atoms with Crippen LogP contribution in [0.15, 0.2) is 67.5 Å². The van der Waals surface area contributed by atoms with E-state index in [0.29, 0.717) is 11.4 Å². The molecule has 2 aromatic carbocycles. The Kier molecular flexibility index (Phi) is 7.79. The van der Waals surface area contributed by atoms with Crippen molar-refractivity contribution in [1.82, 2.24) is 9.97 Å². The lowest BCUT2D eigenvalue weighted by Gasteiger charge is -2.08. The molecular weight excluding hydrogens is 394 g/mol. The summed E-state index contributed by atoms with van der Waals surface area (Å²) in [6.45, 7) is 5.36. The number of hydrogen-bond donors (Lipinski definition) is 1. The molecule has 3 rings (SSSR count). The molecule has 0 spiro atoms. The number of rotatable bonds is 9. The molecule has 0 amide bonds. The van der Waals surface area contributed by atoms with Crippen molar-refractivity contribution < 1.29 is 13.9 Å². The fourth-order valence-corrected chi connectivity index (χ4v) is 3.24. The van der Waals surface area contributed by atoms with Gasteiger partial charge in [-0.15, -0.1) is 6.58 Å². The third-order valence-corrected chi connectivity index (χ3v) is 4.96. The van der Waals surface area contributed by atoms with Crippen molar-refractivity contribution >= 4 is 6.08 Å². The Bertz CT molecular complexity index is 1040. The Morgan fingerprint density at radius 1 is 1.00 bits per heavy atom. The number of hydrogen-bond acceptors (Lipinski definition) is 3. The molecule has 0 aliphatic heterocycles. The number of aliphatic hydroxyl groups excluding tert-OH is 1. The fraction of sp³-hybridized carbons (Fsp3) is 0.231. The molecule has 1 aromatic heterocycles. The lowest BCUT2D eigenvalue weighted by Crippen LogP contribution is -1.97. The molecule has 1 unspecified atom stereocenters. The maximum atomic E-state index is 14.4. The van der Waals surface area contributed by atoms with Crippen LogP contribution in [0.3, 0.4) is 0 Å². The normalized spacial score (nSPS) is 12.3. The van der Waals surface area contributed by atoms with Crippen LogP contribution in [0, 0.1) is 11.6 Å². The summed E-state index contributed by atoms with van der Waals surface area (Å²) in [5.74, 6) is -1.25. The lowest BCUT2D eigenvalue weighted by molar-refractivity contribution is 0.182. The van der Waals surface area contributed by atoms with E-state index in [1.54, 1.807) is 13.0 Å².